The molecule has 1 aliphatic heterocycles. The number of nitrogens with one attached hydrogen (secondary N) is 2. The quantitative estimate of drug-likeness (QED) is 0.600. The normalized spacial score (nSPS) is 24.7. The Bertz CT molecular complexity index is 842. The van der Waals surface area contributed by atoms with Crippen LogP contribution in [0.15, 0.2) is 23.2 Å². The summed E-state index contributed by atoms with van der Waals surface area (Å²) in [5, 5.41) is 6.05. The van der Waals surface area contributed by atoms with Gasteiger partial charge in [-0.15, -0.1) is 11.8 Å². The van der Waals surface area contributed by atoms with E-state index in [1.54, 1.807) is 5.56 Å². The summed E-state index contributed by atoms with van der Waals surface area (Å²) in [4.78, 5) is 9.72. The molecular weight excluding hydrogens is 372 g/mol. The fourth-order valence-corrected chi connectivity index (χ4v) is 6.16. The number of piperidine rings is 1. The molecule has 0 amide bonds. The summed E-state index contributed by atoms with van der Waals surface area (Å²) >= 11 is 7.57. The van der Waals surface area contributed by atoms with Crippen LogP contribution in [0.4, 0.5) is 0 Å². The van der Waals surface area contributed by atoms with E-state index in [0.717, 1.165) is 37.6 Å². The first-order valence-corrected chi connectivity index (χ1v) is 11.6. The highest BCUT2D eigenvalue weighted by Crippen LogP contribution is 2.46. The zero-order valence-electron chi connectivity index (χ0n) is 16.7. The molecule has 146 valence electrons. The van der Waals surface area contributed by atoms with Gasteiger partial charge in [0.2, 0.25) is 0 Å². The van der Waals surface area contributed by atoms with Crippen LogP contribution in [0.5, 0.6) is 0 Å². The summed E-state index contributed by atoms with van der Waals surface area (Å²) in [5.74, 6) is 0.551. The van der Waals surface area contributed by atoms with Crippen molar-refractivity contribution in [3.63, 3.8) is 0 Å². The first kappa shape index (κ1) is 19.1. The molecule has 4 nitrogen and oxygen atoms in total. The van der Waals surface area contributed by atoms with E-state index < -0.39 is 0 Å². The topological polar surface area (TPSA) is 34.3 Å². The van der Waals surface area contributed by atoms with Crippen molar-refractivity contribution >= 4 is 40.0 Å². The maximum Gasteiger partial charge on any atom is 0.169 e. The number of benzene rings is 1. The lowest BCUT2D eigenvalue weighted by Gasteiger charge is -2.46. The second-order valence-corrected chi connectivity index (χ2v) is 9.02. The van der Waals surface area contributed by atoms with E-state index in [1.165, 1.54) is 21.4 Å². The number of likely N-dealkylation sites (tertiary alicyclic amines) is 1. The van der Waals surface area contributed by atoms with Crippen LogP contribution in [0.3, 0.4) is 0 Å². The molecule has 27 heavy (non-hydrogen) atoms. The number of thiocarbonyl (C=S) groups is 1. The first-order chi connectivity index (χ1) is 13.1. The zero-order chi connectivity index (χ0) is 19.1. The lowest BCUT2D eigenvalue weighted by molar-refractivity contribution is 0.132. The van der Waals surface area contributed by atoms with Gasteiger partial charge in [0.1, 0.15) is 0 Å². The van der Waals surface area contributed by atoms with E-state index in [2.05, 4.69) is 65.6 Å². The van der Waals surface area contributed by atoms with E-state index >= 15 is 0 Å². The highest BCUT2D eigenvalue weighted by Gasteiger charge is 2.40. The average Bonchev–Trinajstić information content (AvgIpc) is 3.07. The van der Waals surface area contributed by atoms with Crippen LogP contribution < -0.4 is 5.32 Å². The SMILES string of the molecule is CCN(CC)C(=S)N[C@H]1CC2c3c(SC)ccc4[nH]cc(c34)C[C@H]2N(C)C1. The predicted molar refractivity (Wildman–Crippen MR) is 120 cm³/mol. The molecule has 0 spiro atoms. The van der Waals surface area contributed by atoms with Gasteiger partial charge in [0.05, 0.1) is 0 Å². The van der Waals surface area contributed by atoms with Crippen LogP contribution >= 0.6 is 24.0 Å². The Labute approximate surface area is 172 Å². The molecule has 2 aromatic rings. The van der Waals surface area contributed by atoms with Gasteiger partial charge in [0.15, 0.2) is 5.11 Å². The zero-order valence-corrected chi connectivity index (χ0v) is 18.3. The molecule has 2 N–H and O–H groups in total. The maximum absolute atomic E-state index is 5.69. The fraction of sp³-hybridized carbons (Fsp3) is 0.571. The second kappa shape index (κ2) is 7.64. The molecule has 0 saturated carbocycles. The highest BCUT2D eigenvalue weighted by atomic mass is 32.2. The van der Waals surface area contributed by atoms with Gasteiger partial charge in [-0.3, -0.25) is 0 Å². The van der Waals surface area contributed by atoms with Gasteiger partial charge < -0.3 is 20.1 Å². The number of fused-ring (bicyclic) bond motifs is 2. The summed E-state index contributed by atoms with van der Waals surface area (Å²) in [6.07, 6.45) is 6.71. The van der Waals surface area contributed by atoms with Gasteiger partial charge in [0.25, 0.3) is 0 Å². The molecule has 6 heteroatoms. The van der Waals surface area contributed by atoms with Crippen LogP contribution in [-0.4, -0.2) is 64.9 Å². The molecule has 1 aromatic carbocycles. The summed E-state index contributed by atoms with van der Waals surface area (Å²) in [5.41, 5.74) is 4.32. The van der Waals surface area contributed by atoms with E-state index in [9.17, 15) is 0 Å². The van der Waals surface area contributed by atoms with Gasteiger partial charge in [-0.1, -0.05) is 0 Å². The van der Waals surface area contributed by atoms with E-state index in [0.29, 0.717) is 18.0 Å². The smallest absolute Gasteiger partial charge is 0.169 e. The lowest BCUT2D eigenvalue weighted by atomic mass is 9.74. The summed E-state index contributed by atoms with van der Waals surface area (Å²) in [6.45, 7) is 7.30. The van der Waals surface area contributed by atoms with Crippen molar-refractivity contribution in [1.29, 1.82) is 0 Å². The summed E-state index contributed by atoms with van der Waals surface area (Å²) in [7, 11) is 2.28. The molecule has 0 radical (unpaired) electrons. The van der Waals surface area contributed by atoms with Crippen LogP contribution in [0.2, 0.25) is 0 Å². The Morgan fingerprint density at radius 1 is 1.37 bits per heavy atom. The first-order valence-electron chi connectivity index (χ1n) is 9.99. The molecule has 1 unspecified atom stereocenters. The highest BCUT2D eigenvalue weighted by molar-refractivity contribution is 7.98. The van der Waals surface area contributed by atoms with Gasteiger partial charge in [-0.25, -0.2) is 0 Å². The summed E-state index contributed by atoms with van der Waals surface area (Å²) in [6, 6.07) is 5.51. The number of hydrogen-bond acceptors (Lipinski definition) is 3. The minimum absolute atomic E-state index is 0.398. The van der Waals surface area contributed by atoms with Crippen molar-refractivity contribution in [2.75, 3.05) is 32.9 Å². The van der Waals surface area contributed by atoms with Crippen molar-refractivity contribution in [3.05, 3.63) is 29.5 Å². The van der Waals surface area contributed by atoms with Gasteiger partial charge in [-0.05, 0) is 75.5 Å². The maximum atomic E-state index is 5.69. The molecule has 1 aliphatic carbocycles. The lowest BCUT2D eigenvalue weighted by Crippen LogP contribution is -2.56. The van der Waals surface area contributed by atoms with Crippen molar-refractivity contribution in [2.24, 2.45) is 0 Å². The molecule has 1 fully saturated rings. The standard InChI is InChI=1S/C21H30N4S2/c1-5-25(6-2)21(26)23-14-10-15-17(24(3)12-14)9-13-11-22-16-7-8-18(27-4)20(15)19(13)16/h7-8,11,14-15,17,22H,5-6,9-10,12H2,1-4H3,(H,23,26)/t14-,15?,17+/m0/s1. The number of likely N-dealkylation sites (N-methyl/N-ethyl adjacent to an activating group) is 1. The third-order valence-electron chi connectivity index (χ3n) is 6.40. The summed E-state index contributed by atoms with van der Waals surface area (Å²) < 4.78 is 0. The Hall–Kier alpha value is -1.24. The Morgan fingerprint density at radius 2 is 2.15 bits per heavy atom. The van der Waals surface area contributed by atoms with Crippen LogP contribution in [0, 0.1) is 0 Å². The predicted octanol–water partition coefficient (Wildman–Crippen LogP) is 3.82. The minimum atomic E-state index is 0.398. The second-order valence-electron chi connectivity index (χ2n) is 7.79. The van der Waals surface area contributed by atoms with Crippen LogP contribution in [-0.2, 0) is 6.42 Å². The third-order valence-corrected chi connectivity index (χ3v) is 7.58. The van der Waals surface area contributed by atoms with Crippen molar-refractivity contribution in [2.45, 2.75) is 49.6 Å². The fourth-order valence-electron chi connectivity index (χ4n) is 5.05. The number of aromatic amines is 1. The number of hydrogen-bond donors (Lipinski definition) is 2. The average molecular weight is 403 g/mol. The Balaban J connectivity index is 1.66. The van der Waals surface area contributed by atoms with Crippen molar-refractivity contribution in [1.82, 2.24) is 20.1 Å². The number of thioether (sulfide) groups is 1. The molecule has 1 aromatic heterocycles. The van der Waals surface area contributed by atoms with Crippen molar-refractivity contribution in [3.8, 4) is 0 Å². The number of aromatic nitrogens is 1. The number of nitrogens with zero attached hydrogens (tertiary/aromatic N) is 2. The third kappa shape index (κ3) is 3.26. The van der Waals surface area contributed by atoms with Crippen molar-refractivity contribution < 1.29 is 0 Å². The van der Waals surface area contributed by atoms with Gasteiger partial charge in [0, 0.05) is 59.6 Å². The molecular formula is C21H30N4S2. The Kier molecular flexibility index (Phi) is 5.41. The molecule has 1 saturated heterocycles. The van der Waals surface area contributed by atoms with E-state index in [4.69, 9.17) is 12.2 Å². The van der Waals surface area contributed by atoms with Crippen LogP contribution in [0.25, 0.3) is 10.9 Å². The molecule has 2 aliphatic rings. The van der Waals surface area contributed by atoms with E-state index in [1.807, 2.05) is 11.8 Å². The largest absolute Gasteiger partial charge is 0.361 e. The number of H-pyrrole nitrogens is 1. The monoisotopic (exact) mass is 402 g/mol. The molecule has 0 bridgehead atoms. The minimum Gasteiger partial charge on any atom is -0.361 e. The van der Waals surface area contributed by atoms with Gasteiger partial charge in [-0.2, -0.15) is 0 Å². The number of rotatable bonds is 4. The van der Waals surface area contributed by atoms with Crippen LogP contribution in [0.1, 0.15) is 37.3 Å². The van der Waals surface area contributed by atoms with E-state index in [-0.39, 0.29) is 0 Å². The molecule has 3 atom stereocenters. The molecule has 2 heterocycles. The molecule has 4 rings (SSSR count). The van der Waals surface area contributed by atoms with Gasteiger partial charge >= 0.3 is 0 Å². The Morgan fingerprint density at radius 3 is 2.85 bits per heavy atom.